The number of nitrogens with zero attached hydrogens (tertiary/aromatic N) is 1. The number of para-hydroxylation sites is 1. The van der Waals surface area contributed by atoms with Crippen molar-refractivity contribution in [2.75, 3.05) is 4.90 Å². The predicted octanol–water partition coefficient (Wildman–Crippen LogP) is 11.5. The molecule has 0 saturated carbocycles. The Hall–Kier alpha value is -3.54. The third kappa shape index (κ3) is 6.74. The highest BCUT2D eigenvalue weighted by molar-refractivity contribution is 6.50. The van der Waals surface area contributed by atoms with Gasteiger partial charge in [-0.25, -0.2) is 0 Å². The molecule has 0 saturated heterocycles. The highest BCUT2D eigenvalue weighted by Gasteiger charge is 2.35. The lowest BCUT2D eigenvalue weighted by molar-refractivity contribution is 0.368. The van der Waals surface area contributed by atoms with Gasteiger partial charge in [-0.2, -0.15) is 0 Å². The summed E-state index contributed by atoms with van der Waals surface area (Å²) in [5.41, 5.74) is 14.9. The van der Waals surface area contributed by atoms with E-state index in [1.54, 1.807) is 0 Å². The van der Waals surface area contributed by atoms with E-state index in [2.05, 4.69) is 146 Å². The van der Waals surface area contributed by atoms with E-state index in [4.69, 9.17) is 0 Å². The van der Waals surface area contributed by atoms with Crippen molar-refractivity contribution in [3.63, 3.8) is 0 Å². The Labute approximate surface area is 248 Å². The van der Waals surface area contributed by atoms with Crippen molar-refractivity contribution in [2.45, 2.75) is 79.1 Å². The molecule has 222 valence electrons. The normalized spacial score (nSPS) is 13.7. The van der Waals surface area contributed by atoms with Crippen LogP contribution in [0.1, 0.15) is 92.0 Å². The van der Waals surface area contributed by atoms with E-state index in [0.717, 1.165) is 0 Å². The Morgan fingerprint density at radius 2 is 1.00 bits per heavy atom. The maximum absolute atomic E-state index is 9.75. The summed E-state index contributed by atoms with van der Waals surface area (Å²) in [5.74, 6) is 0.189. The van der Waals surface area contributed by atoms with Gasteiger partial charge >= 0.3 is 7.25 Å². The van der Waals surface area contributed by atoms with Gasteiger partial charge in [-0.05, 0) is 94.8 Å². The molecule has 4 aromatic carbocycles. The molecule has 0 spiro atoms. The standard InChI is InChI=1S/C36H41N.BF4/c1-23-19-24(2)33(25(3)20-23)34-29-17-15-26(35(4,5)6)21-31(29)37(28-13-11-10-12-14-28)32-22-27(36(7,8)9)16-18-30(32)34;2-1(3,4)5/h10-22,34H,1-9H3;/q;-1. The van der Waals surface area contributed by atoms with Crippen LogP contribution in [-0.2, 0) is 10.8 Å². The van der Waals surface area contributed by atoms with E-state index in [1.807, 2.05) is 0 Å². The molecule has 0 unspecified atom stereocenters. The Morgan fingerprint density at radius 3 is 1.38 bits per heavy atom. The molecule has 1 aliphatic rings. The van der Waals surface area contributed by atoms with Gasteiger partial charge in [-0.1, -0.05) is 102 Å². The van der Waals surface area contributed by atoms with Crippen molar-refractivity contribution in [3.8, 4) is 0 Å². The molecule has 0 atom stereocenters. The molecular weight excluding hydrogens is 533 g/mol. The minimum atomic E-state index is -6.00. The molecular formula is C36H41BF4N-. The summed E-state index contributed by atoms with van der Waals surface area (Å²) >= 11 is 0. The summed E-state index contributed by atoms with van der Waals surface area (Å²) in [4.78, 5) is 2.50. The molecule has 0 bridgehead atoms. The summed E-state index contributed by atoms with van der Waals surface area (Å²) in [7, 11) is -6.00. The quantitative estimate of drug-likeness (QED) is 0.150. The monoisotopic (exact) mass is 574 g/mol. The first-order valence-corrected chi connectivity index (χ1v) is 14.5. The molecule has 0 N–H and O–H groups in total. The molecule has 4 aromatic rings. The van der Waals surface area contributed by atoms with Gasteiger partial charge < -0.3 is 22.2 Å². The summed E-state index contributed by atoms with van der Waals surface area (Å²) < 4.78 is 39.0. The number of anilines is 3. The molecule has 5 rings (SSSR count). The van der Waals surface area contributed by atoms with Crippen LogP contribution in [0.25, 0.3) is 0 Å². The molecule has 0 radical (unpaired) electrons. The summed E-state index contributed by atoms with van der Waals surface area (Å²) in [6.07, 6.45) is 0. The number of hydrogen-bond donors (Lipinski definition) is 0. The van der Waals surface area contributed by atoms with Crippen LogP contribution < -0.4 is 4.90 Å². The van der Waals surface area contributed by atoms with Gasteiger partial charge in [0.2, 0.25) is 0 Å². The largest absolute Gasteiger partial charge is 0.673 e. The fourth-order valence-electron chi connectivity index (χ4n) is 6.01. The van der Waals surface area contributed by atoms with Gasteiger partial charge in [0.25, 0.3) is 0 Å². The van der Waals surface area contributed by atoms with Crippen LogP contribution in [0.5, 0.6) is 0 Å². The van der Waals surface area contributed by atoms with Gasteiger partial charge in [-0.15, -0.1) is 0 Å². The molecule has 1 aliphatic heterocycles. The molecule has 0 aromatic heterocycles. The van der Waals surface area contributed by atoms with Crippen molar-refractivity contribution in [3.05, 3.63) is 123 Å². The first-order chi connectivity index (χ1) is 19.4. The third-order valence-corrected chi connectivity index (χ3v) is 7.94. The van der Waals surface area contributed by atoms with E-state index >= 15 is 0 Å². The van der Waals surface area contributed by atoms with E-state index in [9.17, 15) is 17.3 Å². The summed E-state index contributed by atoms with van der Waals surface area (Å²) in [5, 5.41) is 0. The highest BCUT2D eigenvalue weighted by Crippen LogP contribution is 2.53. The van der Waals surface area contributed by atoms with Crippen molar-refractivity contribution in [2.24, 2.45) is 0 Å². The van der Waals surface area contributed by atoms with E-state index in [-0.39, 0.29) is 16.7 Å². The summed E-state index contributed by atoms with van der Waals surface area (Å²) in [6, 6.07) is 30.0. The average Bonchev–Trinajstić information content (AvgIpc) is 2.85. The smallest absolute Gasteiger partial charge is 0.418 e. The van der Waals surface area contributed by atoms with Gasteiger partial charge in [-0.3, -0.25) is 0 Å². The van der Waals surface area contributed by atoms with Gasteiger partial charge in [0.1, 0.15) is 0 Å². The number of fused-ring (bicyclic) bond motifs is 2. The topological polar surface area (TPSA) is 3.24 Å². The predicted molar refractivity (Wildman–Crippen MR) is 170 cm³/mol. The van der Waals surface area contributed by atoms with Gasteiger partial charge in [0.05, 0.1) is 11.4 Å². The zero-order valence-corrected chi connectivity index (χ0v) is 26.1. The van der Waals surface area contributed by atoms with Gasteiger partial charge in [0.15, 0.2) is 0 Å². The fourth-order valence-corrected chi connectivity index (χ4v) is 6.01. The lowest BCUT2D eigenvalue weighted by Crippen LogP contribution is -2.25. The third-order valence-electron chi connectivity index (χ3n) is 7.94. The lowest BCUT2D eigenvalue weighted by atomic mass is 9.74. The van der Waals surface area contributed by atoms with Crippen LogP contribution in [0, 0.1) is 20.8 Å². The Balaban J connectivity index is 0.000000748. The molecule has 6 heteroatoms. The minimum Gasteiger partial charge on any atom is -0.418 e. The molecule has 1 nitrogen and oxygen atoms in total. The van der Waals surface area contributed by atoms with Crippen molar-refractivity contribution >= 4 is 24.3 Å². The van der Waals surface area contributed by atoms with E-state index in [0.29, 0.717) is 0 Å². The maximum Gasteiger partial charge on any atom is 0.673 e. The average molecular weight is 575 g/mol. The first-order valence-electron chi connectivity index (χ1n) is 14.5. The van der Waals surface area contributed by atoms with Gasteiger partial charge in [0, 0.05) is 11.6 Å². The molecule has 0 aliphatic carbocycles. The van der Waals surface area contributed by atoms with Crippen LogP contribution >= 0.6 is 0 Å². The van der Waals surface area contributed by atoms with E-state index in [1.165, 1.54) is 61.6 Å². The number of halogens is 4. The van der Waals surface area contributed by atoms with Crippen LogP contribution in [0.3, 0.4) is 0 Å². The Kier molecular flexibility index (Phi) is 8.43. The van der Waals surface area contributed by atoms with Crippen LogP contribution in [0.2, 0.25) is 0 Å². The second-order valence-electron chi connectivity index (χ2n) is 13.5. The first kappa shape index (κ1) is 31.4. The van der Waals surface area contributed by atoms with Crippen LogP contribution in [0.15, 0.2) is 78.9 Å². The summed E-state index contributed by atoms with van der Waals surface area (Å²) in [6.45, 7) is 20.6. The van der Waals surface area contributed by atoms with Crippen molar-refractivity contribution in [1.29, 1.82) is 0 Å². The molecule has 0 fully saturated rings. The number of benzene rings is 4. The van der Waals surface area contributed by atoms with Crippen molar-refractivity contribution in [1.82, 2.24) is 0 Å². The second-order valence-corrected chi connectivity index (χ2v) is 13.5. The van der Waals surface area contributed by atoms with Crippen molar-refractivity contribution < 1.29 is 17.3 Å². The molecule has 1 heterocycles. The number of hydrogen-bond acceptors (Lipinski definition) is 1. The zero-order valence-electron chi connectivity index (χ0n) is 26.1. The number of rotatable bonds is 2. The zero-order chi connectivity index (χ0) is 31.2. The van der Waals surface area contributed by atoms with Crippen LogP contribution in [-0.4, -0.2) is 7.25 Å². The fraction of sp³-hybridized carbons (Fsp3) is 0.333. The molecule has 42 heavy (non-hydrogen) atoms. The minimum absolute atomic E-state index is 0.0656. The van der Waals surface area contributed by atoms with Crippen LogP contribution in [0.4, 0.5) is 34.3 Å². The lowest BCUT2D eigenvalue weighted by Gasteiger charge is -2.40. The second kappa shape index (κ2) is 11.3. The maximum atomic E-state index is 9.75. The Morgan fingerprint density at radius 1 is 0.595 bits per heavy atom. The SMILES string of the molecule is Cc1cc(C)c(C2c3ccc(C(C)(C)C)cc3N(c3ccccc3)c3cc(C(C)(C)C)ccc32)c(C)c1.F[B-](F)(F)F. The highest BCUT2D eigenvalue weighted by atomic mass is 19.5. The Bertz CT molecular complexity index is 1480. The molecule has 0 amide bonds. The van der Waals surface area contributed by atoms with E-state index < -0.39 is 7.25 Å². The number of aryl methyl sites for hydroxylation is 3.